The molecule has 0 amide bonds. The van der Waals surface area contributed by atoms with E-state index in [1.807, 2.05) is 0 Å². The summed E-state index contributed by atoms with van der Waals surface area (Å²) >= 11 is 0. The number of halogens is 1. The largest absolute Gasteiger partial charge is 0.393 e. The Balaban J connectivity index is 1.70. The van der Waals surface area contributed by atoms with Gasteiger partial charge >= 0.3 is 0 Å². The number of rotatable bonds is 6. The van der Waals surface area contributed by atoms with Gasteiger partial charge in [0.25, 0.3) is 0 Å². The number of fused-ring (bicyclic) bond motifs is 1. The fourth-order valence-electron chi connectivity index (χ4n) is 6.72. The second-order valence-corrected chi connectivity index (χ2v) is 11.3. The van der Waals surface area contributed by atoms with Crippen LogP contribution in [-0.4, -0.2) is 28.1 Å². The Kier molecular flexibility index (Phi) is 7.34. The van der Waals surface area contributed by atoms with Gasteiger partial charge < -0.3 is 10.2 Å². The highest BCUT2D eigenvalue weighted by atomic mass is 19.1. The molecule has 3 fully saturated rings. The van der Waals surface area contributed by atoms with Gasteiger partial charge in [0.2, 0.25) is 0 Å². The molecule has 0 spiro atoms. The molecule has 0 radical (unpaired) electrons. The van der Waals surface area contributed by atoms with Gasteiger partial charge in [0, 0.05) is 6.42 Å². The van der Waals surface area contributed by atoms with Crippen molar-refractivity contribution in [3.63, 3.8) is 0 Å². The molecule has 0 bridgehead atoms. The molecule has 3 rings (SSSR count). The Bertz CT molecular complexity index is 685. The molecule has 6 atom stereocenters. The molecule has 3 saturated carbocycles. The van der Waals surface area contributed by atoms with Crippen LogP contribution in [-0.2, 0) is 0 Å². The fourth-order valence-corrected chi connectivity index (χ4v) is 6.72. The standard InChI is InChI=1S/C27H43FO2/c1-18(8-6-14-26(3,4)28)23-12-13-24-20(9-7-15-27(23,24)5)10-11-21-16-22(29)17-25(30)19(21)2/h10-11,18,22-25,29-30H,2,6-9,12-17H2,1,3-5H3/b20-10+,21-11-/t18-,22+,23-,24+,25+,27-/m1/s1. The molecule has 0 aromatic heterocycles. The number of allylic oxidation sites excluding steroid dienone is 3. The van der Waals surface area contributed by atoms with E-state index in [0.29, 0.717) is 36.5 Å². The first kappa shape index (κ1) is 23.7. The average molecular weight is 419 g/mol. The van der Waals surface area contributed by atoms with Gasteiger partial charge in [-0.1, -0.05) is 51.0 Å². The molecule has 3 aliphatic rings. The van der Waals surface area contributed by atoms with Gasteiger partial charge in [-0.3, -0.25) is 0 Å². The van der Waals surface area contributed by atoms with Crippen molar-refractivity contribution in [2.24, 2.45) is 23.2 Å². The van der Waals surface area contributed by atoms with Crippen LogP contribution in [0, 0.1) is 23.2 Å². The number of aliphatic hydroxyl groups is 2. The Labute approximate surface area is 183 Å². The molecule has 2 N–H and O–H groups in total. The lowest BCUT2D eigenvalue weighted by atomic mass is 9.60. The first-order chi connectivity index (χ1) is 14.0. The third kappa shape index (κ3) is 5.27. The molecule has 0 aliphatic heterocycles. The van der Waals surface area contributed by atoms with E-state index >= 15 is 0 Å². The first-order valence-corrected chi connectivity index (χ1v) is 12.1. The molecule has 3 aliphatic carbocycles. The number of aliphatic hydroxyl groups excluding tert-OH is 2. The SMILES string of the molecule is C=C1/C(=C\C=C2/CCC[C@]3(C)[C@@H]([C@H](C)CCCC(C)(C)F)CC[C@@H]23)C[C@H](O)C[C@@H]1O. The van der Waals surface area contributed by atoms with E-state index in [1.54, 1.807) is 13.8 Å². The topological polar surface area (TPSA) is 40.5 Å². The van der Waals surface area contributed by atoms with Gasteiger partial charge in [-0.05, 0) is 93.1 Å². The summed E-state index contributed by atoms with van der Waals surface area (Å²) in [6.45, 7) is 12.3. The maximum absolute atomic E-state index is 13.9. The Hall–Kier alpha value is -0.930. The van der Waals surface area contributed by atoms with E-state index in [0.717, 1.165) is 36.3 Å². The quantitative estimate of drug-likeness (QED) is 0.505. The van der Waals surface area contributed by atoms with Gasteiger partial charge in [-0.2, -0.15) is 0 Å². The summed E-state index contributed by atoms with van der Waals surface area (Å²) in [7, 11) is 0. The molecular weight excluding hydrogens is 375 g/mol. The van der Waals surface area contributed by atoms with E-state index in [4.69, 9.17) is 0 Å². The predicted molar refractivity (Wildman–Crippen MR) is 123 cm³/mol. The maximum atomic E-state index is 13.9. The minimum absolute atomic E-state index is 0.343. The van der Waals surface area contributed by atoms with E-state index in [-0.39, 0.29) is 0 Å². The highest BCUT2D eigenvalue weighted by Crippen LogP contribution is 2.60. The summed E-state index contributed by atoms with van der Waals surface area (Å²) in [5.41, 5.74) is 2.59. The summed E-state index contributed by atoms with van der Waals surface area (Å²) in [4.78, 5) is 0. The van der Waals surface area contributed by atoms with Crippen molar-refractivity contribution in [2.45, 2.75) is 110 Å². The summed E-state index contributed by atoms with van der Waals surface area (Å²) in [6.07, 6.45) is 13.2. The van der Waals surface area contributed by atoms with Crippen molar-refractivity contribution in [2.75, 3.05) is 0 Å². The van der Waals surface area contributed by atoms with Gasteiger partial charge in [-0.25, -0.2) is 4.39 Å². The van der Waals surface area contributed by atoms with Crippen LogP contribution in [0.5, 0.6) is 0 Å². The van der Waals surface area contributed by atoms with Crippen LogP contribution in [0.1, 0.15) is 91.9 Å². The zero-order valence-corrected chi connectivity index (χ0v) is 19.6. The molecule has 30 heavy (non-hydrogen) atoms. The number of hydrogen-bond acceptors (Lipinski definition) is 2. The molecule has 0 unspecified atom stereocenters. The van der Waals surface area contributed by atoms with Crippen molar-refractivity contribution in [1.82, 2.24) is 0 Å². The minimum Gasteiger partial charge on any atom is -0.393 e. The Morgan fingerprint density at radius 1 is 1.27 bits per heavy atom. The van der Waals surface area contributed by atoms with Gasteiger partial charge in [-0.15, -0.1) is 0 Å². The molecule has 0 heterocycles. The van der Waals surface area contributed by atoms with Gasteiger partial charge in [0.15, 0.2) is 0 Å². The molecule has 0 aromatic carbocycles. The zero-order chi connectivity index (χ0) is 22.1. The summed E-state index contributed by atoms with van der Waals surface area (Å²) in [6, 6.07) is 0. The average Bonchev–Trinajstić information content (AvgIpc) is 3.00. The second-order valence-electron chi connectivity index (χ2n) is 11.3. The lowest BCUT2D eigenvalue weighted by molar-refractivity contribution is 0.0860. The van der Waals surface area contributed by atoms with Gasteiger partial charge in [0.1, 0.15) is 5.67 Å². The number of hydrogen-bond donors (Lipinski definition) is 2. The van der Waals surface area contributed by atoms with Crippen LogP contribution in [0.4, 0.5) is 4.39 Å². The Morgan fingerprint density at radius 2 is 2.00 bits per heavy atom. The lowest BCUT2D eigenvalue weighted by Gasteiger charge is -2.44. The third-order valence-electron chi connectivity index (χ3n) is 8.42. The molecule has 170 valence electrons. The van der Waals surface area contributed by atoms with E-state index in [2.05, 4.69) is 32.6 Å². The number of alkyl halides is 1. The highest BCUT2D eigenvalue weighted by Gasteiger charge is 2.50. The van der Waals surface area contributed by atoms with Crippen molar-refractivity contribution in [3.8, 4) is 0 Å². The van der Waals surface area contributed by atoms with Crippen LogP contribution in [0.15, 0.2) is 35.5 Å². The zero-order valence-electron chi connectivity index (χ0n) is 19.6. The molecular formula is C27H43FO2. The van der Waals surface area contributed by atoms with Crippen molar-refractivity contribution >= 4 is 0 Å². The molecule has 2 nitrogen and oxygen atoms in total. The van der Waals surface area contributed by atoms with E-state index in [1.165, 1.54) is 31.3 Å². The predicted octanol–water partition coefficient (Wildman–Crippen LogP) is 6.68. The first-order valence-electron chi connectivity index (χ1n) is 12.1. The lowest BCUT2D eigenvalue weighted by Crippen LogP contribution is -2.36. The normalized spacial score (nSPS) is 38.8. The summed E-state index contributed by atoms with van der Waals surface area (Å²) in [5.74, 6) is 1.98. The third-order valence-corrected chi connectivity index (χ3v) is 8.42. The van der Waals surface area contributed by atoms with Crippen LogP contribution in [0.25, 0.3) is 0 Å². The Morgan fingerprint density at radius 3 is 2.70 bits per heavy atom. The van der Waals surface area contributed by atoms with Crippen LogP contribution in [0.3, 0.4) is 0 Å². The van der Waals surface area contributed by atoms with Crippen LogP contribution in [0.2, 0.25) is 0 Å². The smallest absolute Gasteiger partial charge is 0.105 e. The summed E-state index contributed by atoms with van der Waals surface area (Å²) in [5, 5.41) is 20.1. The van der Waals surface area contributed by atoms with Gasteiger partial charge in [0.05, 0.1) is 12.2 Å². The maximum Gasteiger partial charge on any atom is 0.105 e. The highest BCUT2D eigenvalue weighted by molar-refractivity contribution is 5.38. The fraction of sp³-hybridized carbons (Fsp3) is 0.778. The van der Waals surface area contributed by atoms with Crippen LogP contribution < -0.4 is 0 Å². The monoisotopic (exact) mass is 418 g/mol. The van der Waals surface area contributed by atoms with E-state index < -0.39 is 17.9 Å². The van der Waals surface area contributed by atoms with Crippen molar-refractivity contribution in [3.05, 3.63) is 35.5 Å². The summed E-state index contributed by atoms with van der Waals surface area (Å²) < 4.78 is 13.9. The van der Waals surface area contributed by atoms with Crippen molar-refractivity contribution < 1.29 is 14.6 Å². The van der Waals surface area contributed by atoms with E-state index in [9.17, 15) is 14.6 Å². The molecule has 3 heteroatoms. The molecule has 0 aromatic rings. The molecule has 0 saturated heterocycles. The second kappa shape index (κ2) is 9.28. The van der Waals surface area contributed by atoms with Crippen LogP contribution >= 0.6 is 0 Å². The van der Waals surface area contributed by atoms with Crippen molar-refractivity contribution in [1.29, 1.82) is 0 Å². The minimum atomic E-state index is -1.06.